The standard InChI is InChI=1S/C14H16F3NO2/c1-9-8-10(13(19)20)2-3-12(9)18-6-4-11(5-7-18)14(15,16)17/h2-3,8,11H,4-7H2,1H3,(H,19,20). The Bertz CT molecular complexity index is 506. The second kappa shape index (κ2) is 5.34. The highest BCUT2D eigenvalue weighted by Crippen LogP contribution is 2.36. The average molecular weight is 287 g/mol. The van der Waals surface area contributed by atoms with Crippen LogP contribution in [-0.4, -0.2) is 30.3 Å². The fourth-order valence-corrected chi connectivity index (χ4v) is 2.59. The van der Waals surface area contributed by atoms with Crippen molar-refractivity contribution in [3.63, 3.8) is 0 Å². The van der Waals surface area contributed by atoms with Crippen molar-refractivity contribution in [2.45, 2.75) is 25.9 Å². The molecule has 1 heterocycles. The van der Waals surface area contributed by atoms with E-state index >= 15 is 0 Å². The number of hydrogen-bond acceptors (Lipinski definition) is 2. The van der Waals surface area contributed by atoms with Crippen LogP contribution < -0.4 is 4.90 Å². The van der Waals surface area contributed by atoms with Crippen molar-refractivity contribution in [2.24, 2.45) is 5.92 Å². The lowest BCUT2D eigenvalue weighted by Crippen LogP contribution is -2.39. The average Bonchev–Trinajstić information content (AvgIpc) is 2.37. The molecule has 0 spiro atoms. The van der Waals surface area contributed by atoms with E-state index in [1.807, 2.05) is 4.90 Å². The van der Waals surface area contributed by atoms with Gasteiger partial charge in [0.2, 0.25) is 0 Å². The highest BCUT2D eigenvalue weighted by molar-refractivity contribution is 5.88. The summed E-state index contributed by atoms with van der Waals surface area (Å²) in [4.78, 5) is 12.7. The van der Waals surface area contributed by atoms with Crippen LogP contribution >= 0.6 is 0 Å². The van der Waals surface area contributed by atoms with Gasteiger partial charge in [0.05, 0.1) is 11.5 Å². The molecule has 3 nitrogen and oxygen atoms in total. The summed E-state index contributed by atoms with van der Waals surface area (Å²) in [6, 6.07) is 4.71. The second-order valence-electron chi connectivity index (χ2n) is 5.11. The molecule has 0 atom stereocenters. The number of hydrogen-bond donors (Lipinski definition) is 1. The van der Waals surface area contributed by atoms with Crippen molar-refractivity contribution >= 4 is 11.7 Å². The summed E-state index contributed by atoms with van der Waals surface area (Å²) in [5, 5.41) is 8.90. The summed E-state index contributed by atoms with van der Waals surface area (Å²) in [7, 11) is 0. The van der Waals surface area contributed by atoms with Gasteiger partial charge >= 0.3 is 12.1 Å². The van der Waals surface area contributed by atoms with Gasteiger partial charge in [0, 0.05) is 18.8 Å². The Morgan fingerprint density at radius 1 is 1.30 bits per heavy atom. The molecule has 0 bridgehead atoms. The molecule has 0 radical (unpaired) electrons. The molecular formula is C14H16F3NO2. The third kappa shape index (κ3) is 3.05. The van der Waals surface area contributed by atoms with Gasteiger partial charge < -0.3 is 10.0 Å². The van der Waals surface area contributed by atoms with E-state index in [-0.39, 0.29) is 18.4 Å². The van der Waals surface area contributed by atoms with E-state index < -0.39 is 18.1 Å². The van der Waals surface area contributed by atoms with E-state index in [1.54, 1.807) is 19.1 Å². The van der Waals surface area contributed by atoms with Gasteiger partial charge in [0.15, 0.2) is 0 Å². The lowest BCUT2D eigenvalue weighted by Gasteiger charge is -2.35. The first-order valence-corrected chi connectivity index (χ1v) is 6.44. The van der Waals surface area contributed by atoms with Gasteiger partial charge in [-0.05, 0) is 43.5 Å². The topological polar surface area (TPSA) is 40.5 Å². The van der Waals surface area contributed by atoms with Crippen molar-refractivity contribution in [3.8, 4) is 0 Å². The van der Waals surface area contributed by atoms with Crippen molar-refractivity contribution in [2.75, 3.05) is 18.0 Å². The number of rotatable bonds is 2. The molecule has 1 N–H and O–H groups in total. The molecule has 6 heteroatoms. The van der Waals surface area contributed by atoms with Crippen LogP contribution in [0.5, 0.6) is 0 Å². The highest BCUT2D eigenvalue weighted by atomic mass is 19.4. The molecule has 0 amide bonds. The molecule has 1 aromatic rings. The number of piperidine rings is 1. The van der Waals surface area contributed by atoms with Gasteiger partial charge in [0.1, 0.15) is 0 Å². The van der Waals surface area contributed by atoms with Crippen LogP contribution in [0.1, 0.15) is 28.8 Å². The van der Waals surface area contributed by atoms with Gasteiger partial charge in [-0.1, -0.05) is 0 Å². The van der Waals surface area contributed by atoms with Gasteiger partial charge in [-0.25, -0.2) is 4.79 Å². The number of anilines is 1. The maximum atomic E-state index is 12.6. The largest absolute Gasteiger partial charge is 0.478 e. The third-order valence-electron chi connectivity index (χ3n) is 3.74. The maximum absolute atomic E-state index is 12.6. The number of alkyl halides is 3. The van der Waals surface area contributed by atoms with E-state index in [0.717, 1.165) is 11.3 Å². The van der Waals surface area contributed by atoms with Crippen LogP contribution in [0.25, 0.3) is 0 Å². The van der Waals surface area contributed by atoms with Gasteiger partial charge in [0.25, 0.3) is 0 Å². The quantitative estimate of drug-likeness (QED) is 0.905. The van der Waals surface area contributed by atoms with Crippen LogP contribution in [0.4, 0.5) is 18.9 Å². The van der Waals surface area contributed by atoms with Gasteiger partial charge in [-0.15, -0.1) is 0 Å². The smallest absolute Gasteiger partial charge is 0.391 e. The first-order valence-electron chi connectivity index (χ1n) is 6.44. The Balaban J connectivity index is 2.09. The molecular weight excluding hydrogens is 271 g/mol. The zero-order valence-electron chi connectivity index (χ0n) is 11.1. The summed E-state index contributed by atoms with van der Waals surface area (Å²) in [6.45, 7) is 2.46. The van der Waals surface area contributed by atoms with Crippen molar-refractivity contribution in [3.05, 3.63) is 29.3 Å². The lowest BCUT2D eigenvalue weighted by atomic mass is 9.95. The predicted octanol–water partition coefficient (Wildman–Crippen LogP) is 3.47. The summed E-state index contributed by atoms with van der Waals surface area (Å²) in [5.74, 6) is -2.23. The molecule has 1 aromatic carbocycles. The summed E-state index contributed by atoms with van der Waals surface area (Å²) in [6.07, 6.45) is -3.94. The Morgan fingerprint density at radius 2 is 1.90 bits per heavy atom. The van der Waals surface area contributed by atoms with Crippen LogP contribution in [0.15, 0.2) is 18.2 Å². The van der Waals surface area contributed by atoms with E-state index in [0.29, 0.717) is 13.1 Å². The van der Waals surface area contributed by atoms with Crippen molar-refractivity contribution < 1.29 is 23.1 Å². The molecule has 0 aromatic heterocycles. The lowest BCUT2D eigenvalue weighted by molar-refractivity contribution is -0.179. The second-order valence-corrected chi connectivity index (χ2v) is 5.11. The third-order valence-corrected chi connectivity index (χ3v) is 3.74. The number of carboxylic acids is 1. The van der Waals surface area contributed by atoms with E-state index in [9.17, 15) is 18.0 Å². The predicted molar refractivity (Wildman–Crippen MR) is 69.1 cm³/mol. The molecule has 1 fully saturated rings. The SMILES string of the molecule is Cc1cc(C(=O)O)ccc1N1CCC(C(F)(F)F)CC1. The van der Waals surface area contributed by atoms with Gasteiger partial charge in [-0.2, -0.15) is 13.2 Å². The fraction of sp³-hybridized carbons (Fsp3) is 0.500. The van der Waals surface area contributed by atoms with Crippen LogP contribution in [0.3, 0.4) is 0 Å². The Labute approximate surface area is 115 Å². The maximum Gasteiger partial charge on any atom is 0.391 e. The number of benzene rings is 1. The van der Waals surface area contributed by atoms with Crippen molar-refractivity contribution in [1.29, 1.82) is 0 Å². The van der Waals surface area contributed by atoms with Crippen molar-refractivity contribution in [1.82, 2.24) is 0 Å². The fourth-order valence-electron chi connectivity index (χ4n) is 2.59. The minimum Gasteiger partial charge on any atom is -0.478 e. The zero-order chi connectivity index (χ0) is 14.9. The summed E-state index contributed by atoms with van der Waals surface area (Å²) < 4.78 is 37.8. The van der Waals surface area contributed by atoms with Crippen LogP contribution in [-0.2, 0) is 0 Å². The molecule has 1 aliphatic heterocycles. The number of halogens is 3. The number of carboxylic acid groups (broad SMARTS) is 1. The Kier molecular flexibility index (Phi) is 3.92. The minimum absolute atomic E-state index is 0.0869. The Hall–Kier alpha value is -1.72. The first kappa shape index (κ1) is 14.7. The minimum atomic E-state index is -4.12. The summed E-state index contributed by atoms with van der Waals surface area (Å²) >= 11 is 0. The zero-order valence-corrected chi connectivity index (χ0v) is 11.1. The molecule has 2 rings (SSSR count). The summed E-state index contributed by atoms with van der Waals surface area (Å²) in [5.41, 5.74) is 1.78. The number of nitrogens with zero attached hydrogens (tertiary/aromatic N) is 1. The Morgan fingerprint density at radius 3 is 2.35 bits per heavy atom. The number of aromatic carboxylic acids is 1. The molecule has 20 heavy (non-hydrogen) atoms. The van der Waals surface area contributed by atoms with E-state index in [1.165, 1.54) is 6.07 Å². The van der Waals surface area contributed by atoms with E-state index in [2.05, 4.69) is 0 Å². The van der Waals surface area contributed by atoms with Gasteiger partial charge in [-0.3, -0.25) is 0 Å². The number of aryl methyl sites for hydroxylation is 1. The van der Waals surface area contributed by atoms with Crippen LogP contribution in [0, 0.1) is 12.8 Å². The highest BCUT2D eigenvalue weighted by Gasteiger charge is 2.41. The molecule has 1 saturated heterocycles. The van der Waals surface area contributed by atoms with Crippen LogP contribution in [0.2, 0.25) is 0 Å². The molecule has 0 unspecified atom stereocenters. The monoisotopic (exact) mass is 287 g/mol. The molecule has 0 saturated carbocycles. The normalized spacial score (nSPS) is 17.3. The molecule has 0 aliphatic carbocycles. The van der Waals surface area contributed by atoms with E-state index in [4.69, 9.17) is 5.11 Å². The number of carbonyl (C=O) groups is 1. The molecule has 110 valence electrons. The molecule has 1 aliphatic rings. The first-order chi connectivity index (χ1) is 9.29.